The molecule has 104 valence electrons. The molecule has 1 aromatic rings. The average Bonchev–Trinajstić information content (AvgIpc) is 1.93. The van der Waals surface area contributed by atoms with E-state index in [1.54, 1.807) is 6.92 Å². The lowest BCUT2D eigenvalue weighted by Gasteiger charge is -2.07. The second-order valence-electron chi connectivity index (χ2n) is 3.57. The van der Waals surface area contributed by atoms with Gasteiger partial charge in [-0.25, -0.2) is 0 Å². The number of rotatable bonds is 2. The van der Waals surface area contributed by atoms with E-state index in [2.05, 4.69) is 4.18 Å². The van der Waals surface area contributed by atoms with E-state index >= 15 is 0 Å². The summed E-state index contributed by atoms with van der Waals surface area (Å²) in [6, 6.07) is 2.90. The van der Waals surface area contributed by atoms with Crippen LogP contribution >= 0.6 is 0 Å². The third-order valence-electron chi connectivity index (χ3n) is 1.94. The van der Waals surface area contributed by atoms with Crippen molar-refractivity contribution in [2.24, 2.45) is 0 Å². The topological polar surface area (TPSA) is 47.2 Å². The highest BCUT2D eigenvalue weighted by Gasteiger charge is 2.43. The van der Waals surface area contributed by atoms with Gasteiger partial charge in [0.2, 0.25) is 0 Å². The third kappa shape index (κ3) is 3.91. The summed E-state index contributed by atoms with van der Waals surface area (Å²) in [5, 5.41) is 0. The molecule has 0 atom stereocenters. The molecule has 0 bridgehead atoms. The van der Waals surface area contributed by atoms with Gasteiger partial charge in [0.1, 0.15) is 0 Å². The number of aromatic nitrogens is 1. The summed E-state index contributed by atoms with van der Waals surface area (Å²) in [6.45, 7) is 4.48. The molecule has 0 aromatic carbocycles. The highest BCUT2D eigenvalue weighted by molar-refractivity contribution is 7.80. The van der Waals surface area contributed by atoms with Crippen LogP contribution in [0, 0.1) is 20.8 Å². The van der Waals surface area contributed by atoms with Crippen LogP contribution in [0.1, 0.15) is 17.0 Å². The van der Waals surface area contributed by atoms with Crippen molar-refractivity contribution in [2.75, 3.05) is 0 Å². The number of pyridine rings is 1. The standard InChI is InChI=1S/C9H11F3NO3S.FH/c1-6-4-7(2)13(8(3)5-6)17(14,15)16-9(10,11)12;/h4-5H,1-3H3;1H/q+1;/p-1. The Morgan fingerprint density at radius 3 is 1.83 bits per heavy atom. The summed E-state index contributed by atoms with van der Waals surface area (Å²) in [5.41, 5.74) is 1.04. The molecule has 0 saturated carbocycles. The number of halogens is 4. The maximum atomic E-state index is 12.0. The fourth-order valence-electron chi connectivity index (χ4n) is 1.61. The molecule has 1 rings (SSSR count). The molecule has 1 heterocycles. The van der Waals surface area contributed by atoms with Gasteiger partial charge in [-0.05, 0) is 12.5 Å². The van der Waals surface area contributed by atoms with Crippen LogP contribution in [-0.4, -0.2) is 14.8 Å². The lowest BCUT2D eigenvalue weighted by Crippen LogP contribution is -3.00. The molecule has 0 N–H and O–H groups in total. The zero-order valence-electron chi connectivity index (χ0n) is 9.75. The minimum absolute atomic E-state index is 0. The van der Waals surface area contributed by atoms with Crippen LogP contribution in [0.4, 0.5) is 13.2 Å². The fourth-order valence-corrected chi connectivity index (χ4v) is 2.73. The molecule has 0 unspecified atom stereocenters. The van der Waals surface area contributed by atoms with E-state index < -0.39 is 16.7 Å². The van der Waals surface area contributed by atoms with E-state index in [1.807, 2.05) is 0 Å². The molecule has 0 aliphatic heterocycles. The number of aryl methyl sites for hydroxylation is 3. The van der Waals surface area contributed by atoms with Crippen LogP contribution in [-0.2, 0) is 14.5 Å². The van der Waals surface area contributed by atoms with Crippen LogP contribution < -0.4 is 8.68 Å². The van der Waals surface area contributed by atoms with Crippen molar-refractivity contribution in [1.29, 1.82) is 0 Å². The predicted octanol–water partition coefficient (Wildman–Crippen LogP) is -1.47. The monoisotopic (exact) mass is 289 g/mol. The number of hydrogen-bond acceptors (Lipinski definition) is 3. The van der Waals surface area contributed by atoms with E-state index in [0.717, 1.165) is 5.56 Å². The first-order valence-electron chi connectivity index (χ1n) is 4.56. The van der Waals surface area contributed by atoms with Gasteiger partial charge >= 0.3 is 16.7 Å². The van der Waals surface area contributed by atoms with Crippen molar-refractivity contribution in [3.63, 3.8) is 0 Å². The normalized spacial score (nSPS) is 12.1. The Hall–Kier alpha value is -1.22. The molecule has 0 saturated heterocycles. The highest BCUT2D eigenvalue weighted by atomic mass is 32.2. The first kappa shape index (κ1) is 16.8. The molecule has 4 nitrogen and oxygen atoms in total. The van der Waals surface area contributed by atoms with E-state index in [1.165, 1.54) is 26.0 Å². The number of hydrogen-bond donors (Lipinski definition) is 0. The van der Waals surface area contributed by atoms with Crippen LogP contribution in [0.2, 0.25) is 0 Å². The Morgan fingerprint density at radius 1 is 1.11 bits per heavy atom. The molecule has 9 heteroatoms. The van der Waals surface area contributed by atoms with Gasteiger partial charge < -0.3 is 4.70 Å². The summed E-state index contributed by atoms with van der Waals surface area (Å²) in [7, 11) is -4.90. The maximum Gasteiger partial charge on any atom is 0.541 e. The van der Waals surface area contributed by atoms with Crippen LogP contribution in [0.3, 0.4) is 0 Å². The Balaban J connectivity index is 0.00000289. The zero-order valence-corrected chi connectivity index (χ0v) is 10.6. The van der Waals surface area contributed by atoms with Gasteiger partial charge in [0.05, 0.1) is 0 Å². The molecule has 0 spiro atoms. The van der Waals surface area contributed by atoms with Crippen LogP contribution in [0.15, 0.2) is 12.1 Å². The molecule has 0 amide bonds. The average molecular weight is 289 g/mol. The van der Waals surface area contributed by atoms with Gasteiger partial charge in [-0.15, -0.1) is 25.8 Å². The van der Waals surface area contributed by atoms with Crippen molar-refractivity contribution in [3.8, 4) is 0 Å². The van der Waals surface area contributed by atoms with E-state index in [0.29, 0.717) is 3.97 Å². The second kappa shape index (κ2) is 5.19. The zero-order chi connectivity index (χ0) is 13.4. The lowest BCUT2D eigenvalue weighted by atomic mass is 10.2. The molecule has 0 aliphatic rings. The van der Waals surface area contributed by atoms with Crippen molar-refractivity contribution in [3.05, 3.63) is 29.1 Å². The minimum Gasteiger partial charge on any atom is -1.00 e. The molecule has 0 radical (unpaired) electrons. The first-order valence-corrected chi connectivity index (χ1v) is 5.92. The van der Waals surface area contributed by atoms with Gasteiger partial charge in [0, 0.05) is 26.0 Å². The van der Waals surface area contributed by atoms with Gasteiger partial charge in [0.15, 0.2) is 11.4 Å². The summed E-state index contributed by atoms with van der Waals surface area (Å²) in [4.78, 5) is 0. The molecule has 0 aliphatic carbocycles. The smallest absolute Gasteiger partial charge is 0.541 e. The Bertz CT molecular complexity index is 516. The van der Waals surface area contributed by atoms with Crippen molar-refractivity contribution >= 4 is 10.3 Å². The Morgan fingerprint density at radius 2 is 1.50 bits per heavy atom. The summed E-state index contributed by atoms with van der Waals surface area (Å²) >= 11 is 0. The molecule has 1 aromatic heterocycles. The minimum atomic E-state index is -5.24. The second-order valence-corrected chi connectivity index (χ2v) is 4.95. The Labute approximate surface area is 102 Å². The SMILES string of the molecule is Cc1cc(C)[n+](S(=O)(=O)OC(F)(F)F)c(C)c1.[F-]. The van der Waals surface area contributed by atoms with Crippen LogP contribution in [0.5, 0.6) is 0 Å². The third-order valence-corrected chi connectivity index (χ3v) is 3.36. The van der Waals surface area contributed by atoms with Gasteiger partial charge in [-0.2, -0.15) is 0 Å². The van der Waals surface area contributed by atoms with Gasteiger partial charge in [-0.3, -0.25) is 0 Å². The number of nitrogens with zero attached hydrogens (tertiary/aromatic N) is 1. The number of alkyl halides is 3. The fraction of sp³-hybridized carbons (Fsp3) is 0.444. The van der Waals surface area contributed by atoms with Crippen molar-refractivity contribution in [1.82, 2.24) is 0 Å². The molecule has 18 heavy (non-hydrogen) atoms. The summed E-state index contributed by atoms with van der Waals surface area (Å²) in [6.07, 6.45) is -5.24. The lowest BCUT2D eigenvalue weighted by molar-refractivity contribution is -0.541. The van der Waals surface area contributed by atoms with Gasteiger partial charge in [0.25, 0.3) is 0 Å². The van der Waals surface area contributed by atoms with Gasteiger partial charge in [-0.1, -0.05) is 3.97 Å². The summed E-state index contributed by atoms with van der Waals surface area (Å²) < 4.78 is 62.4. The van der Waals surface area contributed by atoms with Crippen molar-refractivity contribution < 1.29 is 34.4 Å². The Kier molecular flexibility index (Phi) is 4.84. The van der Waals surface area contributed by atoms with Crippen LogP contribution in [0.25, 0.3) is 0 Å². The summed E-state index contributed by atoms with van der Waals surface area (Å²) in [5.74, 6) is 0. The van der Waals surface area contributed by atoms with E-state index in [-0.39, 0.29) is 16.1 Å². The predicted molar refractivity (Wildman–Crippen MR) is 52.3 cm³/mol. The van der Waals surface area contributed by atoms with E-state index in [4.69, 9.17) is 0 Å². The van der Waals surface area contributed by atoms with E-state index in [9.17, 15) is 21.6 Å². The molecular formula is C9H11F4NO3S. The highest BCUT2D eigenvalue weighted by Crippen LogP contribution is 2.19. The largest absolute Gasteiger partial charge is 1.00 e. The van der Waals surface area contributed by atoms with Crippen molar-refractivity contribution in [2.45, 2.75) is 27.1 Å². The first-order chi connectivity index (χ1) is 7.53. The quantitative estimate of drug-likeness (QED) is 0.493. The molecular weight excluding hydrogens is 278 g/mol. The maximum absolute atomic E-state index is 12.0. The molecule has 0 fully saturated rings.